The Labute approximate surface area is 209 Å². The minimum atomic E-state index is -1.02. The van der Waals surface area contributed by atoms with E-state index in [1.807, 2.05) is 19.1 Å². The molecule has 1 N–H and O–H groups in total. The van der Waals surface area contributed by atoms with Gasteiger partial charge < -0.3 is 14.6 Å². The molecular weight excluding hydrogens is 529 g/mol. The van der Waals surface area contributed by atoms with Crippen molar-refractivity contribution in [3.63, 3.8) is 0 Å². The van der Waals surface area contributed by atoms with Gasteiger partial charge in [-0.2, -0.15) is 5.26 Å². The second-order valence-electron chi connectivity index (χ2n) is 6.85. The fourth-order valence-electron chi connectivity index (χ4n) is 3.00. The Morgan fingerprint density at radius 1 is 1.06 bits per heavy atom. The maximum absolute atomic E-state index is 11.1. The largest absolute Gasteiger partial charge is 0.490 e. The first-order valence-electron chi connectivity index (χ1n) is 9.81. The number of benzene rings is 3. The molecule has 0 unspecified atom stereocenters. The molecule has 3 aromatic rings. The highest BCUT2D eigenvalue weighted by Crippen LogP contribution is 2.38. The average molecular weight is 547 g/mol. The molecule has 0 radical (unpaired) electrons. The van der Waals surface area contributed by atoms with E-state index in [-0.39, 0.29) is 12.2 Å². The molecule has 0 amide bonds. The van der Waals surface area contributed by atoms with Crippen molar-refractivity contribution in [2.24, 2.45) is 0 Å². The molecule has 0 aliphatic rings. The van der Waals surface area contributed by atoms with Crippen molar-refractivity contribution in [3.05, 3.63) is 91.4 Å². The third kappa shape index (κ3) is 6.29. The predicted octanol–water partition coefficient (Wildman–Crippen LogP) is 7.50. The standard InChI is InChI=1S/C25H18BrCl2NO4/c1-2-32-23-12-16(9-19(13-29)17-4-6-18(7-5-17)25(30)31)10-20(26)24(23)33-14-15-3-8-21(27)22(28)11-15/h3-12H,2,14H2,1H3,(H,30,31)/b19-9-. The van der Waals surface area contributed by atoms with Crippen LogP contribution in [-0.2, 0) is 6.61 Å². The van der Waals surface area contributed by atoms with Crippen molar-refractivity contribution >= 4 is 56.8 Å². The number of hydrogen-bond acceptors (Lipinski definition) is 4. The van der Waals surface area contributed by atoms with E-state index in [9.17, 15) is 10.1 Å². The molecule has 8 heteroatoms. The van der Waals surface area contributed by atoms with Gasteiger partial charge in [0.2, 0.25) is 0 Å². The molecule has 3 aromatic carbocycles. The van der Waals surface area contributed by atoms with E-state index in [0.29, 0.717) is 49.3 Å². The number of rotatable bonds is 8. The van der Waals surface area contributed by atoms with E-state index < -0.39 is 5.97 Å². The maximum atomic E-state index is 11.1. The average Bonchev–Trinajstić information content (AvgIpc) is 2.79. The molecule has 0 saturated carbocycles. The lowest BCUT2D eigenvalue weighted by molar-refractivity contribution is 0.0697. The molecule has 168 valence electrons. The van der Waals surface area contributed by atoms with Gasteiger partial charge in [-0.05, 0) is 82.0 Å². The number of hydrogen-bond donors (Lipinski definition) is 1. The summed E-state index contributed by atoms with van der Waals surface area (Å²) in [5.41, 5.74) is 2.70. The van der Waals surface area contributed by atoms with Crippen LogP contribution in [0.3, 0.4) is 0 Å². The van der Waals surface area contributed by atoms with Gasteiger partial charge in [-0.1, -0.05) is 41.4 Å². The van der Waals surface area contributed by atoms with Crippen molar-refractivity contribution < 1.29 is 19.4 Å². The number of nitriles is 1. The van der Waals surface area contributed by atoms with Crippen LogP contribution in [0.4, 0.5) is 0 Å². The van der Waals surface area contributed by atoms with E-state index in [1.165, 1.54) is 12.1 Å². The summed E-state index contributed by atoms with van der Waals surface area (Å²) in [4.78, 5) is 11.1. The minimum Gasteiger partial charge on any atom is -0.490 e. The van der Waals surface area contributed by atoms with Crippen LogP contribution in [-0.4, -0.2) is 17.7 Å². The summed E-state index contributed by atoms with van der Waals surface area (Å²) in [5.74, 6) is 0.00637. The normalized spacial score (nSPS) is 11.1. The number of aromatic carboxylic acids is 1. The number of carboxylic acid groups (broad SMARTS) is 1. The van der Waals surface area contributed by atoms with Gasteiger partial charge in [-0.25, -0.2) is 4.79 Å². The lowest BCUT2D eigenvalue weighted by Crippen LogP contribution is -2.01. The van der Waals surface area contributed by atoms with Crippen LogP contribution in [0.1, 0.15) is 34.0 Å². The highest BCUT2D eigenvalue weighted by Gasteiger charge is 2.14. The first kappa shape index (κ1) is 24.7. The zero-order chi connectivity index (χ0) is 24.0. The molecular formula is C25H18BrCl2NO4. The smallest absolute Gasteiger partial charge is 0.335 e. The monoisotopic (exact) mass is 545 g/mol. The highest BCUT2D eigenvalue weighted by atomic mass is 79.9. The van der Waals surface area contributed by atoms with Crippen LogP contribution < -0.4 is 9.47 Å². The van der Waals surface area contributed by atoms with Crippen LogP contribution in [0, 0.1) is 11.3 Å². The number of carboxylic acids is 1. The Morgan fingerprint density at radius 2 is 1.76 bits per heavy atom. The lowest BCUT2D eigenvalue weighted by Gasteiger charge is -2.15. The molecule has 0 saturated heterocycles. The van der Waals surface area contributed by atoms with Gasteiger partial charge in [0.05, 0.1) is 38.3 Å². The van der Waals surface area contributed by atoms with Crippen molar-refractivity contribution in [2.75, 3.05) is 6.61 Å². The molecule has 0 aliphatic carbocycles. The second-order valence-corrected chi connectivity index (χ2v) is 8.52. The summed E-state index contributed by atoms with van der Waals surface area (Å²) < 4.78 is 12.4. The molecule has 0 aliphatic heterocycles. The zero-order valence-corrected chi connectivity index (χ0v) is 20.5. The Kier molecular flexibility index (Phi) is 8.40. The number of carbonyl (C=O) groups is 1. The number of allylic oxidation sites excluding steroid dienone is 1. The van der Waals surface area contributed by atoms with Crippen LogP contribution in [0.25, 0.3) is 11.6 Å². The van der Waals surface area contributed by atoms with Gasteiger partial charge >= 0.3 is 5.97 Å². The Morgan fingerprint density at radius 3 is 2.36 bits per heavy atom. The molecule has 33 heavy (non-hydrogen) atoms. The molecule has 5 nitrogen and oxygen atoms in total. The van der Waals surface area contributed by atoms with Crippen LogP contribution in [0.15, 0.2) is 59.1 Å². The highest BCUT2D eigenvalue weighted by molar-refractivity contribution is 9.10. The van der Waals surface area contributed by atoms with Crippen molar-refractivity contribution in [1.29, 1.82) is 5.26 Å². The Hall–Kier alpha value is -2.98. The van der Waals surface area contributed by atoms with Gasteiger partial charge in [0.15, 0.2) is 11.5 Å². The van der Waals surface area contributed by atoms with Gasteiger partial charge in [-0.3, -0.25) is 0 Å². The molecule has 0 bridgehead atoms. The molecule has 0 atom stereocenters. The summed E-state index contributed by atoms with van der Waals surface area (Å²) >= 11 is 15.6. The fourth-order valence-corrected chi connectivity index (χ4v) is 3.89. The van der Waals surface area contributed by atoms with Crippen molar-refractivity contribution in [2.45, 2.75) is 13.5 Å². The summed E-state index contributed by atoms with van der Waals surface area (Å²) in [6, 6.07) is 17.2. The number of nitrogens with zero attached hydrogens (tertiary/aromatic N) is 1. The summed E-state index contributed by atoms with van der Waals surface area (Å²) in [7, 11) is 0. The van der Waals surface area contributed by atoms with E-state index in [4.69, 9.17) is 37.8 Å². The molecule has 3 rings (SSSR count). The van der Waals surface area contributed by atoms with Gasteiger partial charge in [0, 0.05) is 0 Å². The number of ether oxygens (including phenoxy) is 2. The van der Waals surface area contributed by atoms with Gasteiger partial charge in [0.25, 0.3) is 0 Å². The molecule has 0 spiro atoms. The Balaban J connectivity index is 1.90. The van der Waals surface area contributed by atoms with E-state index in [2.05, 4.69) is 22.0 Å². The third-order valence-corrected chi connectivity index (χ3v) is 5.90. The first-order valence-corrected chi connectivity index (χ1v) is 11.4. The summed E-state index contributed by atoms with van der Waals surface area (Å²) in [6.45, 7) is 2.54. The summed E-state index contributed by atoms with van der Waals surface area (Å²) in [6.07, 6.45) is 1.70. The minimum absolute atomic E-state index is 0.154. The lowest BCUT2D eigenvalue weighted by atomic mass is 10.0. The van der Waals surface area contributed by atoms with Crippen molar-refractivity contribution in [1.82, 2.24) is 0 Å². The molecule has 0 fully saturated rings. The van der Waals surface area contributed by atoms with Gasteiger partial charge in [0.1, 0.15) is 6.61 Å². The molecule has 0 aromatic heterocycles. The number of halogens is 3. The first-order chi connectivity index (χ1) is 15.8. The van der Waals surface area contributed by atoms with Gasteiger partial charge in [-0.15, -0.1) is 0 Å². The van der Waals surface area contributed by atoms with E-state index in [1.54, 1.807) is 36.4 Å². The van der Waals surface area contributed by atoms with Crippen LogP contribution in [0.5, 0.6) is 11.5 Å². The third-order valence-electron chi connectivity index (χ3n) is 4.57. The predicted molar refractivity (Wildman–Crippen MR) is 133 cm³/mol. The van der Waals surface area contributed by atoms with E-state index >= 15 is 0 Å². The van der Waals surface area contributed by atoms with Crippen molar-refractivity contribution in [3.8, 4) is 17.6 Å². The summed E-state index contributed by atoms with van der Waals surface area (Å²) in [5, 5.41) is 19.6. The SMILES string of the molecule is CCOc1cc(/C=C(/C#N)c2ccc(C(=O)O)cc2)cc(Br)c1OCc1ccc(Cl)c(Cl)c1. The molecule has 0 heterocycles. The van der Waals surface area contributed by atoms with Crippen LogP contribution >= 0.6 is 39.1 Å². The second kappa shape index (κ2) is 11.2. The Bertz CT molecular complexity index is 1250. The quantitative estimate of drug-likeness (QED) is 0.234. The topological polar surface area (TPSA) is 79.5 Å². The van der Waals surface area contributed by atoms with E-state index in [0.717, 1.165) is 5.56 Å². The van der Waals surface area contributed by atoms with Crippen LogP contribution in [0.2, 0.25) is 10.0 Å². The zero-order valence-electron chi connectivity index (χ0n) is 17.4. The fraction of sp³-hybridized carbons (Fsp3) is 0.120. The maximum Gasteiger partial charge on any atom is 0.335 e.